The van der Waals surface area contributed by atoms with Gasteiger partial charge in [0.25, 0.3) is 0 Å². The van der Waals surface area contributed by atoms with Crippen molar-refractivity contribution in [2.75, 3.05) is 13.1 Å². The monoisotopic (exact) mass is 540 g/mol. The van der Waals surface area contributed by atoms with Crippen LogP contribution in [0.4, 0.5) is 0 Å². The largest absolute Gasteiger partial charge is 0.243 e. The summed E-state index contributed by atoms with van der Waals surface area (Å²) in [6.07, 6.45) is 1.14. The predicted octanol–water partition coefficient (Wildman–Crippen LogP) is 5.02. The summed E-state index contributed by atoms with van der Waals surface area (Å²) in [5.41, 5.74) is 2.92. The second-order valence-electron chi connectivity index (χ2n) is 10.1. The summed E-state index contributed by atoms with van der Waals surface area (Å²) in [5, 5.41) is 0. The fourth-order valence-electron chi connectivity index (χ4n) is 4.91. The summed E-state index contributed by atoms with van der Waals surface area (Å²) < 4.78 is 59.0. The van der Waals surface area contributed by atoms with Crippen LogP contribution in [0, 0.1) is 19.8 Å². The molecule has 0 aromatic heterocycles. The van der Waals surface area contributed by atoms with Crippen molar-refractivity contribution in [2.24, 2.45) is 5.92 Å². The van der Waals surface area contributed by atoms with Gasteiger partial charge in [-0.1, -0.05) is 86.0 Å². The molecule has 0 amide bonds. The van der Waals surface area contributed by atoms with Crippen LogP contribution in [0.3, 0.4) is 0 Å². The van der Waals surface area contributed by atoms with Crippen LogP contribution in [0.1, 0.15) is 37.0 Å². The maximum absolute atomic E-state index is 14.0. The van der Waals surface area contributed by atoms with Crippen molar-refractivity contribution in [1.29, 1.82) is 0 Å². The third-order valence-electron chi connectivity index (χ3n) is 7.40. The average molecular weight is 541 g/mol. The number of hydrogen-bond acceptors (Lipinski definition) is 4. The smallest absolute Gasteiger partial charge is 0.207 e. The highest BCUT2D eigenvalue weighted by Gasteiger charge is 2.46. The lowest BCUT2D eigenvalue weighted by molar-refractivity contribution is 0.110. The fourth-order valence-corrected chi connectivity index (χ4v) is 8.29. The van der Waals surface area contributed by atoms with Crippen molar-refractivity contribution >= 4 is 20.0 Å². The van der Waals surface area contributed by atoms with Gasteiger partial charge in [0, 0.05) is 25.2 Å². The van der Waals surface area contributed by atoms with Crippen molar-refractivity contribution in [1.82, 2.24) is 8.61 Å². The fraction of sp³-hybridized carbons (Fsp3) is 0.379. The Balaban J connectivity index is 1.80. The molecule has 0 aliphatic carbocycles. The Bertz CT molecular complexity index is 1400. The molecule has 1 heterocycles. The van der Waals surface area contributed by atoms with Gasteiger partial charge in [-0.2, -0.15) is 8.61 Å². The minimum atomic E-state index is -3.85. The molecule has 0 N–H and O–H groups in total. The van der Waals surface area contributed by atoms with E-state index >= 15 is 0 Å². The first-order chi connectivity index (χ1) is 17.5. The molecule has 1 fully saturated rings. The van der Waals surface area contributed by atoms with Crippen molar-refractivity contribution < 1.29 is 16.8 Å². The zero-order valence-electron chi connectivity index (χ0n) is 21.9. The van der Waals surface area contributed by atoms with Crippen LogP contribution < -0.4 is 0 Å². The quantitative estimate of drug-likeness (QED) is 0.402. The van der Waals surface area contributed by atoms with Crippen LogP contribution in [-0.2, 0) is 26.5 Å². The first-order valence-corrected chi connectivity index (χ1v) is 15.6. The van der Waals surface area contributed by atoms with Gasteiger partial charge < -0.3 is 0 Å². The number of benzene rings is 3. The van der Waals surface area contributed by atoms with Crippen LogP contribution in [-0.4, -0.2) is 50.6 Å². The van der Waals surface area contributed by atoms with Crippen LogP contribution >= 0.6 is 0 Å². The summed E-state index contributed by atoms with van der Waals surface area (Å²) in [5.74, 6) is -0.0337. The van der Waals surface area contributed by atoms with Crippen molar-refractivity contribution in [2.45, 2.75) is 62.4 Å². The van der Waals surface area contributed by atoms with Gasteiger partial charge in [-0.3, -0.25) is 0 Å². The van der Waals surface area contributed by atoms with Gasteiger partial charge in [-0.05, 0) is 56.0 Å². The molecule has 0 spiro atoms. The first kappa shape index (κ1) is 27.5. The Morgan fingerprint density at radius 1 is 0.730 bits per heavy atom. The van der Waals surface area contributed by atoms with E-state index in [4.69, 9.17) is 0 Å². The van der Waals surface area contributed by atoms with Crippen molar-refractivity contribution in [3.8, 4) is 0 Å². The normalized spacial score (nSPS) is 20.5. The number of nitrogens with zero attached hydrogens (tertiary/aromatic N) is 2. The third-order valence-corrected chi connectivity index (χ3v) is 11.2. The third kappa shape index (κ3) is 5.82. The molecule has 0 radical (unpaired) electrons. The summed E-state index contributed by atoms with van der Waals surface area (Å²) in [6.45, 7) is 8.04. The maximum atomic E-state index is 14.0. The lowest BCUT2D eigenvalue weighted by Crippen LogP contribution is -2.63. The Morgan fingerprint density at radius 2 is 1.22 bits per heavy atom. The Morgan fingerprint density at radius 3 is 1.70 bits per heavy atom. The highest BCUT2D eigenvalue weighted by Crippen LogP contribution is 2.33. The summed E-state index contributed by atoms with van der Waals surface area (Å²) >= 11 is 0. The van der Waals surface area contributed by atoms with Gasteiger partial charge in [0.1, 0.15) is 0 Å². The van der Waals surface area contributed by atoms with Gasteiger partial charge in [-0.25, -0.2) is 16.8 Å². The number of hydrogen-bond donors (Lipinski definition) is 0. The van der Waals surface area contributed by atoms with E-state index in [9.17, 15) is 16.8 Å². The zero-order valence-corrected chi connectivity index (χ0v) is 23.5. The van der Waals surface area contributed by atoms with E-state index in [1.54, 1.807) is 57.1 Å². The predicted molar refractivity (Wildman–Crippen MR) is 147 cm³/mol. The molecule has 0 bridgehead atoms. The first-order valence-electron chi connectivity index (χ1n) is 12.7. The molecule has 198 valence electrons. The topological polar surface area (TPSA) is 74.8 Å². The van der Waals surface area contributed by atoms with Gasteiger partial charge in [-0.15, -0.1) is 0 Å². The Kier molecular flexibility index (Phi) is 8.23. The molecule has 8 heteroatoms. The molecule has 37 heavy (non-hydrogen) atoms. The van der Waals surface area contributed by atoms with Crippen LogP contribution in [0.15, 0.2) is 88.7 Å². The number of aryl methyl sites for hydroxylation is 2. The van der Waals surface area contributed by atoms with Crippen molar-refractivity contribution in [3.63, 3.8) is 0 Å². The second-order valence-corrected chi connectivity index (χ2v) is 13.9. The molecule has 3 aromatic carbocycles. The van der Waals surface area contributed by atoms with Crippen LogP contribution in [0.2, 0.25) is 0 Å². The van der Waals surface area contributed by atoms with Crippen LogP contribution in [0.5, 0.6) is 0 Å². The van der Waals surface area contributed by atoms with Gasteiger partial charge >= 0.3 is 0 Å². The standard InChI is InChI=1S/C29H36N2O4S2/c1-5-24(4)29-21-30(36(32,33)27-15-11-22(2)12-16-27)26(19-25-9-7-6-8-10-25)20-31(29)37(34,35)28-17-13-23(3)14-18-28/h6-18,24,26,29H,5,19-21H2,1-4H3/t24-,26-,29+/m0/s1. The highest BCUT2D eigenvalue weighted by atomic mass is 32.2. The molecular formula is C29H36N2O4S2. The molecule has 6 nitrogen and oxygen atoms in total. The molecular weight excluding hydrogens is 504 g/mol. The Labute approximate surface area is 222 Å². The zero-order chi connectivity index (χ0) is 26.8. The maximum Gasteiger partial charge on any atom is 0.243 e. The van der Waals surface area contributed by atoms with E-state index in [0.29, 0.717) is 6.42 Å². The van der Waals surface area contributed by atoms with Gasteiger partial charge in [0.2, 0.25) is 20.0 Å². The Hall–Kier alpha value is -2.52. The average Bonchev–Trinajstić information content (AvgIpc) is 2.89. The van der Waals surface area contributed by atoms with Gasteiger partial charge in [0.15, 0.2) is 0 Å². The summed E-state index contributed by atoms with van der Waals surface area (Å²) in [7, 11) is -7.69. The van der Waals surface area contributed by atoms with Crippen LogP contribution in [0.25, 0.3) is 0 Å². The molecule has 3 atom stereocenters. The molecule has 1 aliphatic heterocycles. The van der Waals surface area contributed by atoms with E-state index in [1.165, 1.54) is 0 Å². The number of piperazine rings is 1. The lowest BCUT2D eigenvalue weighted by Gasteiger charge is -2.46. The molecule has 4 rings (SSSR count). The van der Waals surface area contributed by atoms with E-state index in [0.717, 1.165) is 23.1 Å². The number of rotatable bonds is 8. The lowest BCUT2D eigenvalue weighted by atomic mass is 9.95. The SMILES string of the molecule is CC[C@H](C)[C@H]1CN(S(=O)(=O)c2ccc(C)cc2)[C@@H](Cc2ccccc2)CN1S(=O)(=O)c1ccc(C)cc1. The second kappa shape index (κ2) is 11.1. The highest BCUT2D eigenvalue weighted by molar-refractivity contribution is 7.89. The molecule has 0 unspecified atom stereocenters. The summed E-state index contributed by atoms with van der Waals surface area (Å²) in [4.78, 5) is 0.466. The van der Waals surface area contributed by atoms with E-state index in [-0.39, 0.29) is 28.8 Å². The van der Waals surface area contributed by atoms with E-state index < -0.39 is 32.1 Å². The van der Waals surface area contributed by atoms with E-state index in [1.807, 2.05) is 58.0 Å². The van der Waals surface area contributed by atoms with Gasteiger partial charge in [0.05, 0.1) is 9.79 Å². The van der Waals surface area contributed by atoms with Crippen molar-refractivity contribution in [3.05, 3.63) is 95.6 Å². The minimum Gasteiger partial charge on any atom is -0.207 e. The minimum absolute atomic E-state index is 0.0337. The van der Waals surface area contributed by atoms with E-state index in [2.05, 4.69) is 0 Å². The molecule has 1 saturated heterocycles. The summed E-state index contributed by atoms with van der Waals surface area (Å²) in [6, 6.07) is 22.4. The molecule has 3 aromatic rings. The molecule has 1 aliphatic rings. The number of sulfonamides is 2. The molecule has 0 saturated carbocycles.